The van der Waals surface area contributed by atoms with E-state index in [4.69, 9.17) is 9.47 Å². The average Bonchev–Trinajstić information content (AvgIpc) is 2.55. The number of carbonyl (C=O) groups is 1. The number of hydrogen-bond donors (Lipinski definition) is 2. The molecule has 2 amide bonds. The molecule has 0 radical (unpaired) electrons. The number of carbonyl (C=O) groups excluding carboxylic acids is 1. The van der Waals surface area contributed by atoms with Gasteiger partial charge in [0, 0.05) is 10.6 Å². The molecule has 0 aliphatic carbocycles. The fourth-order valence-corrected chi connectivity index (χ4v) is 2.41. The highest BCUT2D eigenvalue weighted by Gasteiger charge is 2.13. The molecule has 0 aromatic heterocycles. The number of hydrogen-bond acceptors (Lipinski definition) is 4. The molecule has 6 heteroatoms. The number of thioether (sulfide) groups is 1. The number of anilines is 2. The summed E-state index contributed by atoms with van der Waals surface area (Å²) >= 11 is 1.61. The molecule has 0 heterocycles. The molecule has 2 aromatic carbocycles. The molecule has 116 valence electrons. The van der Waals surface area contributed by atoms with Crippen molar-refractivity contribution < 1.29 is 14.3 Å². The van der Waals surface area contributed by atoms with Crippen molar-refractivity contribution >= 4 is 29.2 Å². The topological polar surface area (TPSA) is 59.6 Å². The second-order valence-electron chi connectivity index (χ2n) is 4.35. The van der Waals surface area contributed by atoms with E-state index in [9.17, 15) is 4.79 Å². The van der Waals surface area contributed by atoms with Crippen LogP contribution in [0.3, 0.4) is 0 Å². The van der Waals surface area contributed by atoms with Crippen LogP contribution in [0.15, 0.2) is 47.4 Å². The van der Waals surface area contributed by atoms with Gasteiger partial charge in [-0.25, -0.2) is 4.79 Å². The van der Waals surface area contributed by atoms with Crippen molar-refractivity contribution in [3.05, 3.63) is 42.5 Å². The lowest BCUT2D eigenvalue weighted by Gasteiger charge is -2.14. The van der Waals surface area contributed by atoms with Gasteiger partial charge in [-0.2, -0.15) is 0 Å². The van der Waals surface area contributed by atoms with Crippen molar-refractivity contribution in [3.63, 3.8) is 0 Å². The Bertz CT molecular complexity index is 639. The van der Waals surface area contributed by atoms with E-state index in [2.05, 4.69) is 10.6 Å². The van der Waals surface area contributed by atoms with Gasteiger partial charge in [-0.3, -0.25) is 0 Å². The van der Waals surface area contributed by atoms with Crippen LogP contribution < -0.4 is 20.1 Å². The number of ether oxygens (including phenoxy) is 2. The monoisotopic (exact) mass is 318 g/mol. The summed E-state index contributed by atoms with van der Waals surface area (Å²) in [4.78, 5) is 13.3. The Labute approximate surface area is 134 Å². The van der Waals surface area contributed by atoms with Crippen LogP contribution in [0.1, 0.15) is 0 Å². The van der Waals surface area contributed by atoms with E-state index in [0.717, 1.165) is 10.6 Å². The van der Waals surface area contributed by atoms with Crippen LogP contribution in [0.4, 0.5) is 16.2 Å². The molecule has 0 fully saturated rings. The minimum atomic E-state index is -0.360. The maximum Gasteiger partial charge on any atom is 0.323 e. The Morgan fingerprint density at radius 2 is 1.64 bits per heavy atom. The van der Waals surface area contributed by atoms with Crippen LogP contribution in [0.5, 0.6) is 11.5 Å². The van der Waals surface area contributed by atoms with Gasteiger partial charge in [-0.05, 0) is 36.6 Å². The highest BCUT2D eigenvalue weighted by molar-refractivity contribution is 7.98. The molecule has 0 saturated heterocycles. The van der Waals surface area contributed by atoms with E-state index < -0.39 is 0 Å². The maximum atomic E-state index is 12.2. The number of para-hydroxylation sites is 1. The zero-order valence-corrected chi connectivity index (χ0v) is 13.5. The summed E-state index contributed by atoms with van der Waals surface area (Å²) in [7, 11) is 3.08. The minimum absolute atomic E-state index is 0.360. The Kier molecular flexibility index (Phi) is 5.55. The van der Waals surface area contributed by atoms with Gasteiger partial charge in [-0.15, -0.1) is 11.8 Å². The predicted octanol–water partition coefficient (Wildman–Crippen LogP) is 4.07. The van der Waals surface area contributed by atoms with Gasteiger partial charge >= 0.3 is 6.03 Å². The van der Waals surface area contributed by atoms with Crippen LogP contribution in [-0.2, 0) is 0 Å². The van der Waals surface area contributed by atoms with Crippen LogP contribution in [0, 0.1) is 0 Å². The first-order valence-corrected chi connectivity index (χ1v) is 7.83. The molecular weight excluding hydrogens is 300 g/mol. The second-order valence-corrected chi connectivity index (χ2v) is 5.23. The zero-order valence-electron chi connectivity index (χ0n) is 12.7. The molecule has 2 rings (SSSR count). The molecule has 2 aromatic rings. The van der Waals surface area contributed by atoms with Crippen molar-refractivity contribution in [2.24, 2.45) is 0 Å². The largest absolute Gasteiger partial charge is 0.494 e. The van der Waals surface area contributed by atoms with E-state index >= 15 is 0 Å². The minimum Gasteiger partial charge on any atom is -0.494 e. The van der Waals surface area contributed by atoms with E-state index in [-0.39, 0.29) is 6.03 Å². The first-order chi connectivity index (χ1) is 10.7. The molecule has 2 N–H and O–H groups in total. The predicted molar refractivity (Wildman–Crippen MR) is 90.4 cm³/mol. The van der Waals surface area contributed by atoms with Crippen molar-refractivity contribution in [2.45, 2.75) is 4.90 Å². The Morgan fingerprint density at radius 1 is 1.00 bits per heavy atom. The van der Waals surface area contributed by atoms with Gasteiger partial charge in [0.05, 0.1) is 14.2 Å². The van der Waals surface area contributed by atoms with E-state index in [1.54, 1.807) is 44.2 Å². The van der Waals surface area contributed by atoms with Crippen molar-refractivity contribution in [2.75, 3.05) is 31.1 Å². The molecule has 0 aliphatic heterocycles. The Morgan fingerprint density at radius 3 is 2.23 bits per heavy atom. The maximum absolute atomic E-state index is 12.2. The number of methoxy groups -OCH3 is 2. The molecule has 0 saturated carbocycles. The first-order valence-electron chi connectivity index (χ1n) is 6.61. The van der Waals surface area contributed by atoms with E-state index in [1.807, 2.05) is 30.5 Å². The molecule has 22 heavy (non-hydrogen) atoms. The smallest absolute Gasteiger partial charge is 0.323 e. The normalized spacial score (nSPS) is 9.95. The summed E-state index contributed by atoms with van der Waals surface area (Å²) in [6.45, 7) is 0. The number of amides is 2. The standard InChI is InChI=1S/C16H18N2O3S/c1-20-13-8-5-9-14(21-2)15(13)18-16(19)17-11-6-4-7-12(10-11)22-3/h4-10H,1-3H3,(H2,17,18,19). The summed E-state index contributed by atoms with van der Waals surface area (Å²) in [5.41, 5.74) is 1.21. The van der Waals surface area contributed by atoms with Crippen LogP contribution >= 0.6 is 11.8 Å². The number of benzene rings is 2. The van der Waals surface area contributed by atoms with Crippen molar-refractivity contribution in [3.8, 4) is 11.5 Å². The quantitative estimate of drug-likeness (QED) is 0.816. The Hall–Kier alpha value is -2.34. The van der Waals surface area contributed by atoms with E-state index in [0.29, 0.717) is 17.2 Å². The van der Waals surface area contributed by atoms with Gasteiger partial charge in [0.1, 0.15) is 17.2 Å². The fourth-order valence-electron chi connectivity index (χ4n) is 1.95. The zero-order chi connectivity index (χ0) is 15.9. The molecule has 5 nitrogen and oxygen atoms in total. The molecule has 0 atom stereocenters. The fraction of sp³-hybridized carbons (Fsp3) is 0.188. The first kappa shape index (κ1) is 16.0. The molecule has 0 bridgehead atoms. The molecule has 0 aliphatic rings. The van der Waals surface area contributed by atoms with Crippen molar-refractivity contribution in [1.82, 2.24) is 0 Å². The summed E-state index contributed by atoms with van der Waals surface area (Å²) in [6.07, 6.45) is 1.99. The SMILES string of the molecule is COc1cccc(OC)c1NC(=O)Nc1cccc(SC)c1. The van der Waals surface area contributed by atoms with Gasteiger partial charge in [0.2, 0.25) is 0 Å². The lowest BCUT2D eigenvalue weighted by molar-refractivity contribution is 0.262. The average molecular weight is 318 g/mol. The third-order valence-electron chi connectivity index (χ3n) is 2.99. The van der Waals surface area contributed by atoms with Gasteiger partial charge in [-0.1, -0.05) is 12.1 Å². The lowest BCUT2D eigenvalue weighted by Crippen LogP contribution is -2.20. The van der Waals surface area contributed by atoms with Gasteiger partial charge in [0.15, 0.2) is 0 Å². The third-order valence-corrected chi connectivity index (χ3v) is 3.72. The number of nitrogens with one attached hydrogen (secondary N) is 2. The van der Waals surface area contributed by atoms with Crippen molar-refractivity contribution in [1.29, 1.82) is 0 Å². The second kappa shape index (κ2) is 7.61. The summed E-state index contributed by atoms with van der Waals surface area (Å²) in [6, 6.07) is 12.6. The van der Waals surface area contributed by atoms with E-state index in [1.165, 1.54) is 0 Å². The van der Waals surface area contributed by atoms with Gasteiger partial charge in [0.25, 0.3) is 0 Å². The van der Waals surface area contributed by atoms with Gasteiger partial charge < -0.3 is 20.1 Å². The summed E-state index contributed by atoms with van der Waals surface area (Å²) in [5, 5.41) is 5.55. The van der Waals surface area contributed by atoms with Crippen LogP contribution in [-0.4, -0.2) is 26.5 Å². The van der Waals surface area contributed by atoms with Crippen LogP contribution in [0.2, 0.25) is 0 Å². The van der Waals surface area contributed by atoms with Crippen LogP contribution in [0.25, 0.3) is 0 Å². The summed E-state index contributed by atoms with van der Waals surface area (Å²) in [5.74, 6) is 1.07. The Balaban J connectivity index is 2.15. The molecule has 0 unspecified atom stereocenters. The highest BCUT2D eigenvalue weighted by atomic mass is 32.2. The highest BCUT2D eigenvalue weighted by Crippen LogP contribution is 2.34. The molecular formula is C16H18N2O3S. The summed E-state index contributed by atoms with van der Waals surface area (Å²) < 4.78 is 10.5. The number of rotatable bonds is 5. The lowest BCUT2D eigenvalue weighted by atomic mass is 10.2. The third kappa shape index (κ3) is 3.85. The number of urea groups is 1. The molecule has 0 spiro atoms.